The Bertz CT molecular complexity index is 631. The number of carbonyl (C=O) groups is 1. The van der Waals surface area contributed by atoms with Crippen molar-refractivity contribution in [1.29, 1.82) is 0 Å². The predicted molar refractivity (Wildman–Crippen MR) is 86.3 cm³/mol. The van der Waals surface area contributed by atoms with Crippen molar-refractivity contribution in [2.75, 3.05) is 26.3 Å². The summed E-state index contributed by atoms with van der Waals surface area (Å²) >= 11 is 1.46. The fourth-order valence-corrected chi connectivity index (χ4v) is 3.26. The number of aliphatic imine (C=N–C) groups is 1. The number of hydrogen-bond donors (Lipinski definition) is 0. The van der Waals surface area contributed by atoms with Crippen LogP contribution in [0.25, 0.3) is 6.08 Å². The monoisotopic (exact) mass is 302 g/mol. The first-order chi connectivity index (χ1) is 10.1. The molecular weight excluding hydrogens is 284 g/mol. The summed E-state index contributed by atoms with van der Waals surface area (Å²) in [6.45, 7) is 7.16. The average molecular weight is 302 g/mol. The lowest BCUT2D eigenvalue weighted by atomic mass is 10.1. The van der Waals surface area contributed by atoms with Gasteiger partial charge >= 0.3 is 0 Å². The predicted octanol–water partition coefficient (Wildman–Crippen LogP) is 2.61. The summed E-state index contributed by atoms with van der Waals surface area (Å²) in [7, 11) is 0. The lowest BCUT2D eigenvalue weighted by molar-refractivity contribution is -0.113. The molecule has 2 heterocycles. The van der Waals surface area contributed by atoms with Crippen molar-refractivity contribution in [1.82, 2.24) is 4.90 Å². The Morgan fingerprint density at radius 3 is 2.71 bits per heavy atom. The van der Waals surface area contributed by atoms with Crippen LogP contribution >= 0.6 is 11.8 Å². The van der Waals surface area contributed by atoms with Gasteiger partial charge in [0.25, 0.3) is 5.91 Å². The van der Waals surface area contributed by atoms with E-state index in [1.165, 1.54) is 22.9 Å². The Morgan fingerprint density at radius 1 is 1.24 bits per heavy atom. The maximum atomic E-state index is 12.0. The number of nitrogens with zero attached hydrogens (tertiary/aromatic N) is 2. The molecule has 0 spiro atoms. The Balaban J connectivity index is 1.77. The van der Waals surface area contributed by atoms with Crippen molar-refractivity contribution in [2.45, 2.75) is 13.8 Å². The SMILES string of the molecule is Cc1ccc(C=C2SC(N3CCOCC3)=NC2=O)cc1C. The first-order valence-corrected chi connectivity index (χ1v) is 7.87. The van der Waals surface area contributed by atoms with E-state index >= 15 is 0 Å². The fraction of sp³-hybridized carbons (Fsp3) is 0.375. The summed E-state index contributed by atoms with van der Waals surface area (Å²) in [6.07, 6.45) is 1.93. The van der Waals surface area contributed by atoms with E-state index in [-0.39, 0.29) is 5.91 Å². The molecule has 0 atom stereocenters. The second-order valence-corrected chi connectivity index (χ2v) is 6.26. The molecular formula is C16H18N2O2S. The molecule has 2 aliphatic heterocycles. The quantitative estimate of drug-likeness (QED) is 0.748. The third-order valence-corrected chi connectivity index (χ3v) is 4.76. The number of morpholine rings is 1. The lowest BCUT2D eigenvalue weighted by Gasteiger charge is -2.27. The largest absolute Gasteiger partial charge is 0.378 e. The molecule has 5 heteroatoms. The molecule has 3 rings (SSSR count). The summed E-state index contributed by atoms with van der Waals surface area (Å²) in [5.41, 5.74) is 3.54. The van der Waals surface area contributed by atoms with E-state index in [0.717, 1.165) is 23.8 Å². The molecule has 110 valence electrons. The van der Waals surface area contributed by atoms with Gasteiger partial charge in [0.05, 0.1) is 18.1 Å². The fourth-order valence-electron chi connectivity index (χ4n) is 2.29. The van der Waals surface area contributed by atoms with Crippen LogP contribution < -0.4 is 0 Å². The molecule has 0 unspecified atom stereocenters. The first-order valence-electron chi connectivity index (χ1n) is 7.06. The van der Waals surface area contributed by atoms with Crippen LogP contribution in [0.1, 0.15) is 16.7 Å². The summed E-state index contributed by atoms with van der Waals surface area (Å²) in [4.78, 5) is 19.0. The van der Waals surface area contributed by atoms with Gasteiger partial charge in [0.2, 0.25) is 0 Å². The van der Waals surface area contributed by atoms with E-state index in [1.54, 1.807) is 0 Å². The molecule has 1 aromatic rings. The van der Waals surface area contributed by atoms with Gasteiger partial charge in [-0.15, -0.1) is 0 Å². The zero-order valence-corrected chi connectivity index (χ0v) is 13.1. The van der Waals surface area contributed by atoms with E-state index in [9.17, 15) is 4.79 Å². The molecule has 1 amide bonds. The minimum atomic E-state index is -0.139. The normalized spacial score (nSPS) is 21.0. The van der Waals surface area contributed by atoms with E-state index in [2.05, 4.69) is 35.9 Å². The van der Waals surface area contributed by atoms with Gasteiger partial charge in [-0.2, -0.15) is 4.99 Å². The van der Waals surface area contributed by atoms with Crippen LogP contribution in [0.4, 0.5) is 0 Å². The van der Waals surface area contributed by atoms with Crippen LogP contribution in [0.3, 0.4) is 0 Å². The molecule has 0 bridgehead atoms. The number of hydrogen-bond acceptors (Lipinski definition) is 4. The van der Waals surface area contributed by atoms with Gasteiger partial charge in [0, 0.05) is 13.1 Å². The van der Waals surface area contributed by atoms with Crippen molar-refractivity contribution < 1.29 is 9.53 Å². The van der Waals surface area contributed by atoms with Crippen molar-refractivity contribution in [3.63, 3.8) is 0 Å². The number of benzene rings is 1. The van der Waals surface area contributed by atoms with E-state index in [4.69, 9.17) is 4.74 Å². The third kappa shape index (κ3) is 3.19. The highest BCUT2D eigenvalue weighted by Gasteiger charge is 2.27. The molecule has 2 aliphatic rings. The summed E-state index contributed by atoms with van der Waals surface area (Å²) in [5, 5.41) is 0.804. The molecule has 1 fully saturated rings. The van der Waals surface area contributed by atoms with Crippen LogP contribution in [0.5, 0.6) is 0 Å². The number of amidine groups is 1. The van der Waals surface area contributed by atoms with Crippen LogP contribution in [0, 0.1) is 13.8 Å². The standard InChI is InChI=1S/C16H18N2O2S/c1-11-3-4-13(9-12(11)2)10-14-15(19)17-16(21-14)18-5-7-20-8-6-18/h3-4,9-10H,5-8H2,1-2H3. The van der Waals surface area contributed by atoms with Gasteiger partial charge in [-0.1, -0.05) is 18.2 Å². The number of carbonyl (C=O) groups excluding carboxylic acids is 1. The average Bonchev–Trinajstić information content (AvgIpc) is 2.85. The van der Waals surface area contributed by atoms with E-state index in [1.807, 2.05) is 12.1 Å². The van der Waals surface area contributed by atoms with Gasteiger partial charge in [0.1, 0.15) is 0 Å². The molecule has 4 nitrogen and oxygen atoms in total. The molecule has 0 N–H and O–H groups in total. The Hall–Kier alpha value is -1.59. The van der Waals surface area contributed by atoms with Gasteiger partial charge in [-0.25, -0.2) is 0 Å². The highest BCUT2D eigenvalue weighted by molar-refractivity contribution is 8.18. The molecule has 0 radical (unpaired) electrons. The molecule has 21 heavy (non-hydrogen) atoms. The minimum absolute atomic E-state index is 0.139. The maximum Gasteiger partial charge on any atom is 0.286 e. The number of rotatable bonds is 1. The van der Waals surface area contributed by atoms with Crippen LogP contribution in [-0.4, -0.2) is 42.3 Å². The summed E-state index contributed by atoms with van der Waals surface area (Å²) < 4.78 is 5.33. The van der Waals surface area contributed by atoms with Crippen LogP contribution in [0.15, 0.2) is 28.1 Å². The Labute approximate surface area is 128 Å². The highest BCUT2D eigenvalue weighted by Crippen LogP contribution is 2.30. The van der Waals surface area contributed by atoms with Gasteiger partial charge < -0.3 is 9.64 Å². The molecule has 0 aliphatic carbocycles. The van der Waals surface area contributed by atoms with Crippen molar-refractivity contribution in [2.24, 2.45) is 4.99 Å². The van der Waals surface area contributed by atoms with E-state index < -0.39 is 0 Å². The Kier molecular flexibility index (Phi) is 4.12. The van der Waals surface area contributed by atoms with Crippen molar-refractivity contribution >= 4 is 28.9 Å². The molecule has 0 aromatic heterocycles. The summed E-state index contributed by atoms with van der Waals surface area (Å²) in [5.74, 6) is -0.139. The molecule has 1 aromatic carbocycles. The smallest absolute Gasteiger partial charge is 0.286 e. The number of thioether (sulfide) groups is 1. The zero-order chi connectivity index (χ0) is 14.8. The molecule has 1 saturated heterocycles. The van der Waals surface area contributed by atoms with Gasteiger partial charge in [-0.05, 0) is 48.4 Å². The number of amides is 1. The van der Waals surface area contributed by atoms with Gasteiger partial charge in [-0.3, -0.25) is 4.79 Å². The minimum Gasteiger partial charge on any atom is -0.378 e. The topological polar surface area (TPSA) is 41.9 Å². The lowest BCUT2D eigenvalue weighted by Crippen LogP contribution is -2.38. The Morgan fingerprint density at radius 2 is 2.00 bits per heavy atom. The van der Waals surface area contributed by atoms with Crippen LogP contribution in [0.2, 0.25) is 0 Å². The second-order valence-electron chi connectivity index (χ2n) is 5.25. The number of aryl methyl sites for hydroxylation is 2. The first kappa shape index (κ1) is 14.4. The highest BCUT2D eigenvalue weighted by atomic mass is 32.2. The molecule has 0 saturated carbocycles. The van der Waals surface area contributed by atoms with Gasteiger partial charge in [0.15, 0.2) is 5.17 Å². The van der Waals surface area contributed by atoms with Crippen molar-refractivity contribution in [3.05, 3.63) is 39.8 Å². The summed E-state index contributed by atoms with van der Waals surface area (Å²) in [6, 6.07) is 6.22. The van der Waals surface area contributed by atoms with E-state index in [0.29, 0.717) is 18.1 Å². The number of ether oxygens (including phenoxy) is 1. The zero-order valence-electron chi connectivity index (χ0n) is 12.3. The second kappa shape index (κ2) is 6.03. The van der Waals surface area contributed by atoms with Crippen molar-refractivity contribution in [3.8, 4) is 0 Å². The van der Waals surface area contributed by atoms with Crippen LogP contribution in [-0.2, 0) is 9.53 Å². The third-order valence-electron chi connectivity index (χ3n) is 3.72. The maximum absolute atomic E-state index is 12.0.